The highest BCUT2D eigenvalue weighted by Crippen LogP contribution is 2.23. The van der Waals surface area contributed by atoms with E-state index in [1.807, 2.05) is 64.1 Å². The standard InChI is InChI=1S/C21H21N3O2/c1-13-8-9-17(10-14(13)2)20(25)24-18-6-5-7-19(12-18)26-21-22-15(3)11-16(4)23-21/h5-12H,1-4H3,(H,24,25). The molecule has 0 saturated carbocycles. The van der Waals surface area contributed by atoms with Gasteiger partial charge in [0.2, 0.25) is 0 Å². The van der Waals surface area contributed by atoms with Crippen LogP contribution >= 0.6 is 0 Å². The summed E-state index contributed by atoms with van der Waals surface area (Å²) in [6, 6.07) is 15.0. The van der Waals surface area contributed by atoms with Crippen LogP contribution in [0.1, 0.15) is 32.9 Å². The van der Waals surface area contributed by atoms with Gasteiger partial charge in [-0.3, -0.25) is 4.79 Å². The first-order valence-corrected chi connectivity index (χ1v) is 8.39. The Labute approximate surface area is 153 Å². The van der Waals surface area contributed by atoms with Crippen molar-refractivity contribution in [2.45, 2.75) is 27.7 Å². The average Bonchev–Trinajstić information content (AvgIpc) is 2.56. The number of anilines is 1. The molecule has 1 N–H and O–H groups in total. The first-order chi connectivity index (χ1) is 12.4. The molecule has 0 fully saturated rings. The Bertz CT molecular complexity index is 947. The average molecular weight is 347 g/mol. The number of benzene rings is 2. The van der Waals surface area contributed by atoms with E-state index in [1.54, 1.807) is 12.1 Å². The molecular formula is C21H21N3O2. The number of amides is 1. The maximum absolute atomic E-state index is 12.5. The summed E-state index contributed by atoms with van der Waals surface area (Å²) in [7, 11) is 0. The van der Waals surface area contributed by atoms with Crippen LogP contribution in [0, 0.1) is 27.7 Å². The number of ether oxygens (including phenoxy) is 1. The number of nitrogens with one attached hydrogen (secondary N) is 1. The van der Waals surface area contributed by atoms with Crippen molar-refractivity contribution < 1.29 is 9.53 Å². The third kappa shape index (κ3) is 4.25. The quantitative estimate of drug-likeness (QED) is 0.739. The molecule has 0 spiro atoms. The fraction of sp³-hybridized carbons (Fsp3) is 0.190. The fourth-order valence-electron chi connectivity index (χ4n) is 2.57. The highest BCUT2D eigenvalue weighted by atomic mass is 16.5. The van der Waals surface area contributed by atoms with Gasteiger partial charge in [-0.05, 0) is 69.2 Å². The summed E-state index contributed by atoms with van der Waals surface area (Å²) in [5.74, 6) is 0.404. The number of aryl methyl sites for hydroxylation is 4. The zero-order valence-electron chi connectivity index (χ0n) is 15.3. The normalized spacial score (nSPS) is 10.5. The van der Waals surface area contributed by atoms with Gasteiger partial charge in [0, 0.05) is 28.7 Å². The van der Waals surface area contributed by atoms with E-state index in [9.17, 15) is 4.79 Å². The lowest BCUT2D eigenvalue weighted by atomic mass is 10.1. The van der Waals surface area contributed by atoms with Gasteiger partial charge in [-0.15, -0.1) is 0 Å². The minimum atomic E-state index is -0.159. The molecule has 3 aromatic rings. The van der Waals surface area contributed by atoms with Gasteiger partial charge in [0.15, 0.2) is 0 Å². The van der Waals surface area contributed by atoms with E-state index in [0.29, 0.717) is 23.0 Å². The van der Waals surface area contributed by atoms with Crippen LogP contribution in [-0.2, 0) is 0 Å². The number of carbonyl (C=O) groups excluding carboxylic acids is 1. The van der Waals surface area contributed by atoms with Crippen molar-refractivity contribution in [1.82, 2.24) is 9.97 Å². The van der Waals surface area contributed by atoms with Crippen LogP contribution in [-0.4, -0.2) is 15.9 Å². The van der Waals surface area contributed by atoms with Gasteiger partial charge >= 0.3 is 6.01 Å². The minimum absolute atomic E-state index is 0.159. The maximum Gasteiger partial charge on any atom is 0.322 e. The fourth-order valence-corrected chi connectivity index (χ4v) is 2.57. The third-order valence-electron chi connectivity index (χ3n) is 4.03. The topological polar surface area (TPSA) is 64.1 Å². The molecule has 2 aromatic carbocycles. The van der Waals surface area contributed by atoms with Gasteiger partial charge in [0.1, 0.15) is 5.75 Å². The molecule has 132 valence electrons. The first-order valence-electron chi connectivity index (χ1n) is 8.39. The van der Waals surface area contributed by atoms with Crippen LogP contribution in [0.2, 0.25) is 0 Å². The molecule has 1 heterocycles. The highest BCUT2D eigenvalue weighted by molar-refractivity contribution is 6.04. The van der Waals surface area contributed by atoms with E-state index in [-0.39, 0.29) is 5.91 Å². The van der Waals surface area contributed by atoms with Crippen LogP contribution in [0.3, 0.4) is 0 Å². The van der Waals surface area contributed by atoms with Crippen LogP contribution in [0.25, 0.3) is 0 Å². The van der Waals surface area contributed by atoms with Gasteiger partial charge in [0.05, 0.1) is 0 Å². The maximum atomic E-state index is 12.5. The molecule has 0 aliphatic carbocycles. The number of carbonyl (C=O) groups is 1. The van der Waals surface area contributed by atoms with Gasteiger partial charge in [-0.25, -0.2) is 9.97 Å². The molecule has 3 rings (SSSR count). The van der Waals surface area contributed by atoms with Crippen molar-refractivity contribution >= 4 is 11.6 Å². The van der Waals surface area contributed by atoms with Gasteiger partial charge in [0.25, 0.3) is 5.91 Å². The monoisotopic (exact) mass is 347 g/mol. The Hall–Kier alpha value is -3.21. The Morgan fingerprint density at radius 1 is 0.885 bits per heavy atom. The Morgan fingerprint density at radius 3 is 2.31 bits per heavy atom. The van der Waals surface area contributed by atoms with Crippen LogP contribution in [0.15, 0.2) is 48.5 Å². The second kappa shape index (κ2) is 7.35. The van der Waals surface area contributed by atoms with Crippen molar-refractivity contribution in [3.05, 3.63) is 76.6 Å². The van der Waals surface area contributed by atoms with Crippen LogP contribution in [0.4, 0.5) is 5.69 Å². The lowest BCUT2D eigenvalue weighted by molar-refractivity contribution is 0.102. The predicted octanol–water partition coefficient (Wildman–Crippen LogP) is 4.75. The first kappa shape index (κ1) is 17.6. The van der Waals surface area contributed by atoms with Crippen molar-refractivity contribution in [2.24, 2.45) is 0 Å². The second-order valence-electron chi connectivity index (χ2n) is 6.32. The van der Waals surface area contributed by atoms with Crippen LogP contribution < -0.4 is 10.1 Å². The van der Waals surface area contributed by atoms with Gasteiger partial charge in [-0.2, -0.15) is 0 Å². The van der Waals surface area contributed by atoms with E-state index < -0.39 is 0 Å². The number of aromatic nitrogens is 2. The zero-order valence-corrected chi connectivity index (χ0v) is 15.3. The second-order valence-corrected chi connectivity index (χ2v) is 6.32. The van der Waals surface area contributed by atoms with E-state index in [2.05, 4.69) is 15.3 Å². The molecule has 0 radical (unpaired) electrons. The van der Waals surface area contributed by atoms with E-state index >= 15 is 0 Å². The molecule has 26 heavy (non-hydrogen) atoms. The lowest BCUT2D eigenvalue weighted by Crippen LogP contribution is -2.12. The predicted molar refractivity (Wildman–Crippen MR) is 102 cm³/mol. The number of nitrogens with zero attached hydrogens (tertiary/aromatic N) is 2. The van der Waals surface area contributed by atoms with Crippen molar-refractivity contribution in [1.29, 1.82) is 0 Å². The Morgan fingerprint density at radius 2 is 1.62 bits per heavy atom. The van der Waals surface area contributed by atoms with Crippen LogP contribution in [0.5, 0.6) is 11.8 Å². The zero-order chi connectivity index (χ0) is 18.7. The van der Waals surface area contributed by atoms with Crippen molar-refractivity contribution in [3.8, 4) is 11.8 Å². The van der Waals surface area contributed by atoms with Crippen molar-refractivity contribution in [2.75, 3.05) is 5.32 Å². The molecule has 0 bridgehead atoms. The smallest absolute Gasteiger partial charge is 0.322 e. The molecule has 5 heteroatoms. The number of hydrogen-bond donors (Lipinski definition) is 1. The SMILES string of the molecule is Cc1cc(C)nc(Oc2cccc(NC(=O)c3ccc(C)c(C)c3)c2)n1. The molecule has 0 aliphatic rings. The van der Waals surface area contributed by atoms with E-state index in [0.717, 1.165) is 22.5 Å². The summed E-state index contributed by atoms with van der Waals surface area (Å²) in [5, 5.41) is 2.89. The highest BCUT2D eigenvalue weighted by Gasteiger charge is 2.09. The largest absolute Gasteiger partial charge is 0.424 e. The molecule has 0 unspecified atom stereocenters. The number of hydrogen-bond acceptors (Lipinski definition) is 4. The summed E-state index contributed by atoms with van der Waals surface area (Å²) in [6.45, 7) is 7.79. The molecule has 0 aliphatic heterocycles. The molecular weight excluding hydrogens is 326 g/mol. The van der Waals surface area contributed by atoms with E-state index in [1.165, 1.54) is 0 Å². The Kier molecular flexibility index (Phi) is 4.98. The number of rotatable bonds is 4. The summed E-state index contributed by atoms with van der Waals surface area (Å²) < 4.78 is 5.73. The minimum Gasteiger partial charge on any atom is -0.424 e. The summed E-state index contributed by atoms with van der Waals surface area (Å²) >= 11 is 0. The summed E-state index contributed by atoms with van der Waals surface area (Å²) in [6.07, 6.45) is 0. The molecule has 0 atom stereocenters. The molecule has 1 amide bonds. The molecule has 1 aromatic heterocycles. The Balaban J connectivity index is 1.76. The molecule has 5 nitrogen and oxygen atoms in total. The lowest BCUT2D eigenvalue weighted by Gasteiger charge is -2.09. The third-order valence-corrected chi connectivity index (χ3v) is 4.03. The summed E-state index contributed by atoms with van der Waals surface area (Å²) in [4.78, 5) is 21.0. The van der Waals surface area contributed by atoms with Gasteiger partial charge in [-0.1, -0.05) is 12.1 Å². The summed E-state index contributed by atoms with van der Waals surface area (Å²) in [5.41, 5.74) is 5.19. The van der Waals surface area contributed by atoms with E-state index in [4.69, 9.17) is 4.74 Å². The van der Waals surface area contributed by atoms with Gasteiger partial charge < -0.3 is 10.1 Å². The molecule has 0 saturated heterocycles. The van der Waals surface area contributed by atoms with Crippen molar-refractivity contribution in [3.63, 3.8) is 0 Å².